The van der Waals surface area contributed by atoms with Gasteiger partial charge >= 0.3 is 0 Å². The minimum Gasteiger partial charge on any atom is -0.497 e. The van der Waals surface area contributed by atoms with Crippen LogP contribution in [0.2, 0.25) is 5.02 Å². The summed E-state index contributed by atoms with van der Waals surface area (Å²) in [4.78, 5) is 18.3. The van der Waals surface area contributed by atoms with E-state index in [1.165, 1.54) is 4.90 Å². The lowest BCUT2D eigenvalue weighted by atomic mass is 10.2. The van der Waals surface area contributed by atoms with Crippen LogP contribution in [0.4, 0.5) is 0 Å². The summed E-state index contributed by atoms with van der Waals surface area (Å²) in [6, 6.07) is 14.0. The molecule has 3 rings (SSSR count). The minimum atomic E-state index is -0.145. The van der Waals surface area contributed by atoms with Gasteiger partial charge in [0.2, 0.25) is 11.7 Å². The molecule has 0 saturated heterocycles. The molecule has 0 radical (unpaired) electrons. The van der Waals surface area contributed by atoms with Gasteiger partial charge in [0.15, 0.2) is 0 Å². The second kappa shape index (κ2) is 7.36. The van der Waals surface area contributed by atoms with Crippen LogP contribution in [0.25, 0.3) is 11.4 Å². The number of hydrogen-bond acceptors (Lipinski definition) is 5. The molecule has 0 spiro atoms. The van der Waals surface area contributed by atoms with Gasteiger partial charge in [0.1, 0.15) is 5.75 Å². The molecule has 7 heteroatoms. The summed E-state index contributed by atoms with van der Waals surface area (Å²) in [5, 5.41) is 4.58. The fourth-order valence-electron chi connectivity index (χ4n) is 2.26. The number of rotatable bonds is 5. The molecule has 25 heavy (non-hydrogen) atoms. The largest absolute Gasteiger partial charge is 0.497 e. The van der Waals surface area contributed by atoms with Crippen molar-refractivity contribution in [1.82, 2.24) is 15.0 Å². The Morgan fingerprint density at radius 2 is 1.84 bits per heavy atom. The van der Waals surface area contributed by atoms with Gasteiger partial charge in [-0.3, -0.25) is 4.79 Å². The van der Waals surface area contributed by atoms with Crippen LogP contribution >= 0.6 is 11.6 Å². The highest BCUT2D eigenvalue weighted by molar-refractivity contribution is 6.30. The number of nitrogens with zero attached hydrogens (tertiary/aromatic N) is 3. The topological polar surface area (TPSA) is 68.5 Å². The highest BCUT2D eigenvalue weighted by atomic mass is 35.5. The number of aromatic nitrogens is 2. The molecular weight excluding hydrogens is 342 g/mol. The molecule has 0 N–H and O–H groups in total. The number of amides is 1. The zero-order valence-electron chi connectivity index (χ0n) is 13.8. The standard InChI is InChI=1S/C18H16ClN3O3/c1-22(18(23)13-5-9-15(24-2)10-6-13)11-16-20-17(21-25-16)12-3-7-14(19)8-4-12/h3-10H,11H2,1-2H3. The Balaban J connectivity index is 1.69. The predicted molar refractivity (Wildman–Crippen MR) is 93.5 cm³/mol. The van der Waals surface area contributed by atoms with Crippen molar-refractivity contribution < 1.29 is 14.1 Å². The van der Waals surface area contributed by atoms with Gasteiger partial charge < -0.3 is 14.2 Å². The lowest BCUT2D eigenvalue weighted by Gasteiger charge is -2.14. The van der Waals surface area contributed by atoms with E-state index in [9.17, 15) is 4.79 Å². The van der Waals surface area contributed by atoms with Crippen molar-refractivity contribution in [3.63, 3.8) is 0 Å². The Bertz CT molecular complexity index is 860. The molecule has 0 aliphatic rings. The molecule has 0 atom stereocenters. The molecule has 128 valence electrons. The van der Waals surface area contributed by atoms with E-state index in [4.69, 9.17) is 20.9 Å². The van der Waals surface area contributed by atoms with Gasteiger partial charge in [-0.05, 0) is 48.5 Å². The lowest BCUT2D eigenvalue weighted by Crippen LogP contribution is -2.26. The summed E-state index contributed by atoms with van der Waals surface area (Å²) < 4.78 is 10.3. The van der Waals surface area contributed by atoms with Gasteiger partial charge in [-0.2, -0.15) is 4.98 Å². The van der Waals surface area contributed by atoms with E-state index in [-0.39, 0.29) is 12.5 Å². The van der Waals surface area contributed by atoms with Gasteiger partial charge in [-0.15, -0.1) is 0 Å². The van der Waals surface area contributed by atoms with Crippen LogP contribution in [-0.2, 0) is 6.54 Å². The number of methoxy groups -OCH3 is 1. The van der Waals surface area contributed by atoms with Gasteiger partial charge in [0, 0.05) is 23.2 Å². The Hall–Kier alpha value is -2.86. The number of hydrogen-bond donors (Lipinski definition) is 0. The van der Waals surface area contributed by atoms with Gasteiger partial charge in [0.05, 0.1) is 13.7 Å². The maximum Gasteiger partial charge on any atom is 0.254 e. The zero-order valence-corrected chi connectivity index (χ0v) is 14.5. The van der Waals surface area contributed by atoms with Crippen LogP contribution in [0.3, 0.4) is 0 Å². The van der Waals surface area contributed by atoms with E-state index in [2.05, 4.69) is 10.1 Å². The summed E-state index contributed by atoms with van der Waals surface area (Å²) in [6.45, 7) is 0.214. The van der Waals surface area contributed by atoms with E-state index in [0.29, 0.717) is 28.1 Å². The average Bonchev–Trinajstić information content (AvgIpc) is 3.10. The maximum atomic E-state index is 12.4. The van der Waals surface area contributed by atoms with Gasteiger partial charge in [-0.1, -0.05) is 16.8 Å². The molecule has 0 saturated carbocycles. The Morgan fingerprint density at radius 1 is 1.16 bits per heavy atom. The summed E-state index contributed by atoms with van der Waals surface area (Å²) in [5.74, 6) is 1.36. The minimum absolute atomic E-state index is 0.145. The highest BCUT2D eigenvalue weighted by Gasteiger charge is 2.16. The molecule has 0 fully saturated rings. The van der Waals surface area contributed by atoms with E-state index < -0.39 is 0 Å². The van der Waals surface area contributed by atoms with Crippen molar-refractivity contribution >= 4 is 17.5 Å². The number of carbonyl (C=O) groups is 1. The van der Waals surface area contributed by atoms with E-state index in [1.807, 2.05) is 12.1 Å². The molecule has 1 heterocycles. The number of carbonyl (C=O) groups excluding carboxylic acids is 1. The normalized spacial score (nSPS) is 10.5. The molecule has 2 aromatic carbocycles. The monoisotopic (exact) mass is 357 g/mol. The van der Waals surface area contributed by atoms with Crippen LogP contribution in [0.15, 0.2) is 53.1 Å². The van der Waals surface area contributed by atoms with E-state index in [1.54, 1.807) is 50.6 Å². The summed E-state index contributed by atoms with van der Waals surface area (Å²) in [6.07, 6.45) is 0. The average molecular weight is 358 g/mol. The first-order chi connectivity index (χ1) is 12.1. The van der Waals surface area contributed by atoms with Crippen molar-refractivity contribution in [3.8, 4) is 17.1 Å². The molecule has 0 aliphatic heterocycles. The zero-order chi connectivity index (χ0) is 17.8. The molecular formula is C18H16ClN3O3. The summed E-state index contributed by atoms with van der Waals surface area (Å²) in [7, 11) is 3.26. The van der Waals surface area contributed by atoms with Crippen molar-refractivity contribution in [2.75, 3.05) is 14.2 Å². The SMILES string of the molecule is COc1ccc(C(=O)N(C)Cc2nc(-c3ccc(Cl)cc3)no2)cc1. The lowest BCUT2D eigenvalue weighted by molar-refractivity contribution is 0.0769. The number of halogens is 1. The molecule has 1 amide bonds. The van der Waals surface area contributed by atoms with Crippen LogP contribution in [-0.4, -0.2) is 35.1 Å². The van der Waals surface area contributed by atoms with Crippen molar-refractivity contribution in [1.29, 1.82) is 0 Å². The second-order valence-corrected chi connectivity index (χ2v) is 5.84. The fraction of sp³-hybridized carbons (Fsp3) is 0.167. The summed E-state index contributed by atoms with van der Waals surface area (Å²) >= 11 is 5.87. The highest BCUT2D eigenvalue weighted by Crippen LogP contribution is 2.19. The van der Waals surface area contributed by atoms with E-state index in [0.717, 1.165) is 5.56 Å². The predicted octanol–water partition coefficient (Wildman–Crippen LogP) is 3.67. The second-order valence-electron chi connectivity index (χ2n) is 5.41. The third-order valence-electron chi connectivity index (χ3n) is 3.63. The van der Waals surface area contributed by atoms with Crippen molar-refractivity contribution in [2.45, 2.75) is 6.54 Å². The third-order valence-corrected chi connectivity index (χ3v) is 3.88. The van der Waals surface area contributed by atoms with Crippen LogP contribution in [0.1, 0.15) is 16.2 Å². The first-order valence-corrected chi connectivity index (χ1v) is 7.92. The van der Waals surface area contributed by atoms with Crippen LogP contribution in [0.5, 0.6) is 5.75 Å². The van der Waals surface area contributed by atoms with Crippen LogP contribution in [0, 0.1) is 0 Å². The first kappa shape index (κ1) is 17.0. The third kappa shape index (κ3) is 3.97. The molecule has 0 aliphatic carbocycles. The maximum absolute atomic E-state index is 12.4. The Morgan fingerprint density at radius 3 is 2.48 bits per heavy atom. The smallest absolute Gasteiger partial charge is 0.254 e. The van der Waals surface area contributed by atoms with E-state index >= 15 is 0 Å². The molecule has 6 nitrogen and oxygen atoms in total. The quantitative estimate of drug-likeness (QED) is 0.696. The molecule has 1 aromatic heterocycles. The molecule has 0 bridgehead atoms. The van der Waals surface area contributed by atoms with Gasteiger partial charge in [-0.25, -0.2) is 0 Å². The fourth-order valence-corrected chi connectivity index (χ4v) is 2.39. The Kier molecular flexibility index (Phi) is 5.00. The van der Waals surface area contributed by atoms with Crippen molar-refractivity contribution in [2.24, 2.45) is 0 Å². The summed E-state index contributed by atoms with van der Waals surface area (Å²) in [5.41, 5.74) is 1.35. The number of ether oxygens (including phenoxy) is 1. The van der Waals surface area contributed by atoms with Gasteiger partial charge in [0.25, 0.3) is 5.91 Å². The Labute approximate surface area is 150 Å². The molecule has 0 unspecified atom stereocenters. The first-order valence-electron chi connectivity index (χ1n) is 7.55. The van der Waals surface area contributed by atoms with Crippen LogP contribution < -0.4 is 4.74 Å². The van der Waals surface area contributed by atoms with Crippen molar-refractivity contribution in [3.05, 3.63) is 65.0 Å². The number of benzene rings is 2. The molecule has 3 aromatic rings.